The lowest BCUT2D eigenvalue weighted by Gasteiger charge is -2.22. The van der Waals surface area contributed by atoms with E-state index in [4.69, 9.17) is 9.84 Å². The van der Waals surface area contributed by atoms with Gasteiger partial charge in [0.05, 0.1) is 5.69 Å². The fourth-order valence-corrected chi connectivity index (χ4v) is 1.66. The second kappa shape index (κ2) is 6.13. The van der Waals surface area contributed by atoms with Gasteiger partial charge >= 0.3 is 5.97 Å². The average Bonchev–Trinajstić information content (AvgIpc) is 2.36. The maximum Gasteiger partial charge on any atom is 0.341 e. The van der Waals surface area contributed by atoms with Crippen molar-refractivity contribution in [3.63, 3.8) is 0 Å². The van der Waals surface area contributed by atoms with E-state index < -0.39 is 33.1 Å². The molecular formula is C13H17NO6S. The predicted molar refractivity (Wildman–Crippen MR) is 77.1 cm³/mol. The van der Waals surface area contributed by atoms with Crippen LogP contribution in [-0.2, 0) is 19.4 Å². The molecule has 116 valence electrons. The lowest BCUT2D eigenvalue weighted by molar-refractivity contribution is -0.139. The highest BCUT2D eigenvalue weighted by Crippen LogP contribution is 2.26. The second-order valence-corrected chi connectivity index (χ2v) is 7.48. The van der Waals surface area contributed by atoms with Crippen molar-refractivity contribution in [1.82, 2.24) is 0 Å². The van der Waals surface area contributed by atoms with E-state index in [0.717, 1.165) is 6.26 Å². The van der Waals surface area contributed by atoms with E-state index in [9.17, 15) is 18.0 Å². The first kappa shape index (κ1) is 17.0. The molecule has 1 amide bonds. The second-order valence-electron chi connectivity index (χ2n) is 4.92. The highest BCUT2D eigenvalue weighted by Gasteiger charge is 2.38. The number of para-hydroxylation sites is 2. The van der Waals surface area contributed by atoms with Gasteiger partial charge in [0.1, 0.15) is 10.5 Å². The van der Waals surface area contributed by atoms with Crippen molar-refractivity contribution in [2.45, 2.75) is 18.6 Å². The van der Waals surface area contributed by atoms with Crippen molar-refractivity contribution in [3.8, 4) is 5.75 Å². The van der Waals surface area contributed by atoms with E-state index in [0.29, 0.717) is 0 Å². The number of nitrogens with one attached hydrogen (secondary N) is 1. The SMILES string of the molecule is CC(C)(C(=O)Nc1ccccc1OCC(=O)O)S(C)(=O)=O. The van der Waals surface area contributed by atoms with E-state index in [1.807, 2.05) is 0 Å². The van der Waals surface area contributed by atoms with Gasteiger partial charge in [-0.15, -0.1) is 0 Å². The Bertz CT molecular complexity index is 650. The minimum Gasteiger partial charge on any atom is -0.480 e. The Hall–Kier alpha value is -2.09. The molecule has 1 aromatic rings. The summed E-state index contributed by atoms with van der Waals surface area (Å²) in [7, 11) is -3.61. The van der Waals surface area contributed by atoms with Gasteiger partial charge in [0.25, 0.3) is 0 Å². The summed E-state index contributed by atoms with van der Waals surface area (Å²) in [6.45, 7) is 2.01. The van der Waals surface area contributed by atoms with Crippen molar-refractivity contribution >= 4 is 27.4 Å². The Morgan fingerprint density at radius 1 is 1.29 bits per heavy atom. The molecule has 8 heteroatoms. The van der Waals surface area contributed by atoms with E-state index in [-0.39, 0.29) is 11.4 Å². The van der Waals surface area contributed by atoms with Crippen LogP contribution in [-0.4, -0.2) is 43.0 Å². The van der Waals surface area contributed by atoms with Gasteiger partial charge in [-0.1, -0.05) is 12.1 Å². The van der Waals surface area contributed by atoms with Gasteiger partial charge in [0.15, 0.2) is 16.4 Å². The number of carbonyl (C=O) groups is 2. The first-order valence-corrected chi connectivity index (χ1v) is 7.89. The molecular weight excluding hydrogens is 298 g/mol. The molecule has 0 saturated heterocycles. The summed E-state index contributed by atoms with van der Waals surface area (Å²) in [6, 6.07) is 6.19. The van der Waals surface area contributed by atoms with Gasteiger partial charge in [0, 0.05) is 6.26 Å². The summed E-state index contributed by atoms with van der Waals surface area (Å²) in [5, 5.41) is 11.0. The van der Waals surface area contributed by atoms with Gasteiger partial charge in [-0.25, -0.2) is 13.2 Å². The number of ether oxygens (including phenoxy) is 1. The smallest absolute Gasteiger partial charge is 0.341 e. The van der Waals surface area contributed by atoms with Gasteiger partial charge in [-0.2, -0.15) is 0 Å². The molecule has 0 unspecified atom stereocenters. The molecule has 0 fully saturated rings. The monoisotopic (exact) mass is 315 g/mol. The molecule has 0 aliphatic heterocycles. The molecule has 2 N–H and O–H groups in total. The maximum atomic E-state index is 12.1. The Labute approximate surface area is 122 Å². The fraction of sp³-hybridized carbons (Fsp3) is 0.385. The molecule has 0 saturated carbocycles. The van der Waals surface area contributed by atoms with Crippen LogP contribution in [0.25, 0.3) is 0 Å². The van der Waals surface area contributed by atoms with Crippen molar-refractivity contribution in [3.05, 3.63) is 24.3 Å². The van der Waals surface area contributed by atoms with E-state index in [1.54, 1.807) is 12.1 Å². The largest absolute Gasteiger partial charge is 0.480 e. The third-order valence-corrected chi connectivity index (χ3v) is 5.00. The van der Waals surface area contributed by atoms with Gasteiger partial charge < -0.3 is 15.2 Å². The molecule has 0 spiro atoms. The van der Waals surface area contributed by atoms with Crippen LogP contribution in [0.3, 0.4) is 0 Å². The van der Waals surface area contributed by atoms with Crippen molar-refractivity contribution in [2.24, 2.45) is 0 Å². The molecule has 7 nitrogen and oxygen atoms in total. The van der Waals surface area contributed by atoms with Crippen molar-refractivity contribution in [1.29, 1.82) is 0 Å². The van der Waals surface area contributed by atoms with Crippen molar-refractivity contribution < 1.29 is 27.9 Å². The summed E-state index contributed by atoms with van der Waals surface area (Å²) in [4.78, 5) is 22.6. The van der Waals surface area contributed by atoms with E-state index in [2.05, 4.69) is 5.32 Å². The van der Waals surface area contributed by atoms with E-state index in [1.165, 1.54) is 26.0 Å². The van der Waals surface area contributed by atoms with Crippen LogP contribution in [0.4, 0.5) is 5.69 Å². The third kappa shape index (κ3) is 4.19. The molecule has 1 rings (SSSR count). The van der Waals surface area contributed by atoms with Gasteiger partial charge in [-0.05, 0) is 26.0 Å². The van der Waals surface area contributed by atoms with Crippen LogP contribution in [0.2, 0.25) is 0 Å². The number of hydrogen-bond donors (Lipinski definition) is 2. The minimum absolute atomic E-state index is 0.151. The summed E-state index contributed by atoms with van der Waals surface area (Å²) in [5.41, 5.74) is 0.209. The van der Waals surface area contributed by atoms with Gasteiger partial charge in [-0.3, -0.25) is 4.79 Å². The number of aliphatic carboxylic acids is 1. The quantitative estimate of drug-likeness (QED) is 0.807. The van der Waals surface area contributed by atoms with Crippen LogP contribution in [0.15, 0.2) is 24.3 Å². The van der Waals surface area contributed by atoms with Crippen LogP contribution >= 0.6 is 0 Å². The summed E-state index contributed by atoms with van der Waals surface area (Å²) in [5.74, 6) is -1.73. The molecule has 0 bridgehead atoms. The number of anilines is 1. The van der Waals surface area contributed by atoms with E-state index >= 15 is 0 Å². The topological polar surface area (TPSA) is 110 Å². The first-order valence-electron chi connectivity index (χ1n) is 6.00. The number of carbonyl (C=O) groups excluding carboxylic acids is 1. The maximum absolute atomic E-state index is 12.1. The Kier molecular flexibility index (Phi) is 4.95. The summed E-state index contributed by atoms with van der Waals surface area (Å²) >= 11 is 0. The summed E-state index contributed by atoms with van der Waals surface area (Å²) < 4.78 is 26.6. The molecule has 1 aromatic carbocycles. The molecule has 0 atom stereocenters. The van der Waals surface area contributed by atoms with Gasteiger partial charge in [0.2, 0.25) is 5.91 Å². The number of benzene rings is 1. The fourth-order valence-electron chi connectivity index (χ4n) is 1.28. The molecule has 0 radical (unpaired) electrons. The zero-order valence-electron chi connectivity index (χ0n) is 11.9. The van der Waals surface area contributed by atoms with Crippen LogP contribution < -0.4 is 10.1 Å². The average molecular weight is 315 g/mol. The standard InChI is InChI=1S/C13H17NO6S/c1-13(2,21(3,18)19)12(17)14-9-6-4-5-7-10(9)20-8-11(15)16/h4-7H,8H2,1-3H3,(H,14,17)(H,15,16). The number of hydrogen-bond acceptors (Lipinski definition) is 5. The lowest BCUT2D eigenvalue weighted by atomic mass is 10.2. The Morgan fingerprint density at radius 2 is 1.86 bits per heavy atom. The lowest BCUT2D eigenvalue weighted by Crippen LogP contribution is -2.43. The number of carboxylic acids is 1. The minimum atomic E-state index is -3.61. The summed E-state index contributed by atoms with van der Waals surface area (Å²) in [6.07, 6.45) is 0.972. The number of sulfone groups is 1. The molecule has 0 aliphatic carbocycles. The van der Waals surface area contributed by atoms with Crippen molar-refractivity contribution in [2.75, 3.05) is 18.2 Å². The predicted octanol–water partition coefficient (Wildman–Crippen LogP) is 0.912. The van der Waals surface area contributed by atoms with Crippen LogP contribution in [0, 0.1) is 0 Å². The highest BCUT2D eigenvalue weighted by atomic mass is 32.2. The third-order valence-electron chi connectivity index (χ3n) is 2.96. The molecule has 0 heterocycles. The van der Waals surface area contributed by atoms with Crippen LogP contribution in [0.5, 0.6) is 5.75 Å². The first-order chi connectivity index (χ1) is 9.55. The number of amides is 1. The molecule has 0 aromatic heterocycles. The number of carboxylic acid groups (broad SMARTS) is 1. The van der Waals surface area contributed by atoms with Crippen LogP contribution in [0.1, 0.15) is 13.8 Å². The zero-order chi connectivity index (χ0) is 16.3. The Balaban J connectivity index is 2.98. The number of rotatable bonds is 6. The molecule has 0 aliphatic rings. The normalized spacial score (nSPS) is 11.8. The Morgan fingerprint density at radius 3 is 2.38 bits per heavy atom. The zero-order valence-corrected chi connectivity index (χ0v) is 12.7. The molecule has 21 heavy (non-hydrogen) atoms. The highest BCUT2D eigenvalue weighted by molar-refractivity contribution is 7.92.